The van der Waals surface area contributed by atoms with E-state index in [0.29, 0.717) is 6.04 Å². The lowest BCUT2D eigenvalue weighted by Gasteiger charge is -2.12. The number of hydrogen-bond donors (Lipinski definition) is 1. The molecule has 2 nitrogen and oxygen atoms in total. The Balaban J connectivity index is 1.91. The summed E-state index contributed by atoms with van der Waals surface area (Å²) in [5, 5.41) is 3.51. The molecule has 16 heavy (non-hydrogen) atoms. The fourth-order valence-electron chi connectivity index (χ4n) is 1.55. The van der Waals surface area contributed by atoms with Gasteiger partial charge in [0, 0.05) is 6.04 Å². The van der Waals surface area contributed by atoms with E-state index in [1.165, 1.54) is 25.0 Å². The predicted molar refractivity (Wildman–Crippen MR) is 71.9 cm³/mol. The molecule has 0 fully saturated rings. The van der Waals surface area contributed by atoms with E-state index in [0.717, 1.165) is 18.1 Å². The fourth-order valence-corrected chi connectivity index (χ4v) is 2.43. The first-order valence-electron chi connectivity index (χ1n) is 6.16. The van der Waals surface area contributed by atoms with Gasteiger partial charge in [0.15, 0.2) is 0 Å². The topological polar surface area (TPSA) is 25.2 Å². The molecule has 1 atom stereocenters. The van der Waals surface area contributed by atoms with Crippen molar-refractivity contribution in [1.29, 1.82) is 0 Å². The van der Waals surface area contributed by atoms with Crippen LogP contribution in [0.4, 0.5) is 0 Å². The van der Waals surface area contributed by atoms with Crippen molar-refractivity contribution in [3.05, 3.63) is 24.2 Å². The van der Waals surface area contributed by atoms with E-state index < -0.39 is 0 Å². The van der Waals surface area contributed by atoms with Crippen molar-refractivity contribution in [3.63, 3.8) is 0 Å². The van der Waals surface area contributed by atoms with Crippen LogP contribution in [-0.4, -0.2) is 18.3 Å². The van der Waals surface area contributed by atoms with Gasteiger partial charge >= 0.3 is 0 Å². The molecule has 0 aliphatic heterocycles. The molecule has 3 heteroatoms. The highest BCUT2D eigenvalue weighted by Gasteiger charge is 2.00. The van der Waals surface area contributed by atoms with Crippen LogP contribution >= 0.6 is 11.8 Å². The van der Waals surface area contributed by atoms with Gasteiger partial charge in [-0.2, -0.15) is 11.8 Å². The normalized spacial score (nSPS) is 12.9. The van der Waals surface area contributed by atoms with Crippen LogP contribution in [0.25, 0.3) is 0 Å². The van der Waals surface area contributed by atoms with Crippen molar-refractivity contribution >= 4 is 11.8 Å². The minimum Gasteiger partial charge on any atom is -0.468 e. The minimum atomic E-state index is 0.657. The molecule has 0 aliphatic carbocycles. The first-order chi connectivity index (χ1) is 7.83. The monoisotopic (exact) mass is 241 g/mol. The Hall–Kier alpha value is -0.410. The molecule has 0 bridgehead atoms. The molecule has 0 saturated heterocycles. The average molecular weight is 241 g/mol. The molecule has 1 N–H and O–H groups in total. The lowest BCUT2D eigenvalue weighted by atomic mass is 10.2. The molecule has 92 valence electrons. The SMILES string of the molecule is CCCNC(C)CCCSCc1ccco1. The van der Waals surface area contributed by atoms with Crippen LogP contribution in [-0.2, 0) is 5.75 Å². The van der Waals surface area contributed by atoms with Crippen LogP contribution < -0.4 is 5.32 Å². The Morgan fingerprint density at radius 3 is 3.06 bits per heavy atom. The standard InChI is InChI=1S/C13H23NOS/c1-3-8-14-12(2)6-5-10-16-11-13-7-4-9-15-13/h4,7,9,12,14H,3,5-6,8,10-11H2,1-2H3. The molecule has 1 rings (SSSR count). The van der Waals surface area contributed by atoms with Crippen LogP contribution in [0, 0.1) is 0 Å². The van der Waals surface area contributed by atoms with Crippen LogP contribution in [0.5, 0.6) is 0 Å². The predicted octanol–water partition coefficient (Wildman–Crippen LogP) is 3.68. The quantitative estimate of drug-likeness (QED) is 0.668. The second kappa shape index (κ2) is 8.71. The maximum Gasteiger partial charge on any atom is 0.113 e. The lowest BCUT2D eigenvalue weighted by Crippen LogP contribution is -2.26. The summed E-state index contributed by atoms with van der Waals surface area (Å²) in [5.74, 6) is 3.31. The summed E-state index contributed by atoms with van der Waals surface area (Å²) in [5.41, 5.74) is 0. The second-order valence-electron chi connectivity index (χ2n) is 4.13. The molecule has 0 radical (unpaired) electrons. The van der Waals surface area contributed by atoms with Crippen molar-refractivity contribution in [2.75, 3.05) is 12.3 Å². The summed E-state index contributed by atoms with van der Waals surface area (Å²) in [7, 11) is 0. The zero-order valence-corrected chi connectivity index (χ0v) is 11.2. The molecular weight excluding hydrogens is 218 g/mol. The lowest BCUT2D eigenvalue weighted by molar-refractivity contribution is 0.509. The van der Waals surface area contributed by atoms with Gasteiger partial charge in [-0.25, -0.2) is 0 Å². The second-order valence-corrected chi connectivity index (χ2v) is 5.23. The number of furan rings is 1. The van der Waals surface area contributed by atoms with Crippen LogP contribution in [0.3, 0.4) is 0 Å². The summed E-state index contributed by atoms with van der Waals surface area (Å²) in [6, 6.07) is 4.65. The molecule has 0 aliphatic rings. The van der Waals surface area contributed by atoms with Crippen LogP contribution in [0.15, 0.2) is 22.8 Å². The average Bonchev–Trinajstić information content (AvgIpc) is 2.79. The van der Waals surface area contributed by atoms with E-state index in [4.69, 9.17) is 4.42 Å². The van der Waals surface area contributed by atoms with E-state index in [1.807, 2.05) is 23.9 Å². The Bertz CT molecular complexity index is 248. The third-order valence-electron chi connectivity index (χ3n) is 2.49. The molecule has 1 aromatic rings. The summed E-state index contributed by atoms with van der Waals surface area (Å²) in [4.78, 5) is 0. The van der Waals surface area contributed by atoms with E-state index >= 15 is 0 Å². The molecule has 1 aromatic heterocycles. The summed E-state index contributed by atoms with van der Waals surface area (Å²) < 4.78 is 5.28. The van der Waals surface area contributed by atoms with Gasteiger partial charge in [0.25, 0.3) is 0 Å². The van der Waals surface area contributed by atoms with Crippen molar-refractivity contribution < 1.29 is 4.42 Å². The Kier molecular flexibility index (Phi) is 7.43. The van der Waals surface area contributed by atoms with Gasteiger partial charge in [0.2, 0.25) is 0 Å². The van der Waals surface area contributed by atoms with Crippen molar-refractivity contribution in [3.8, 4) is 0 Å². The van der Waals surface area contributed by atoms with Gasteiger partial charge < -0.3 is 9.73 Å². The first-order valence-corrected chi connectivity index (χ1v) is 7.32. The third kappa shape index (κ3) is 6.23. The summed E-state index contributed by atoms with van der Waals surface area (Å²) in [6.45, 7) is 5.62. The molecule has 0 amide bonds. The maximum atomic E-state index is 5.28. The molecular formula is C13H23NOS. The Morgan fingerprint density at radius 1 is 1.50 bits per heavy atom. The van der Waals surface area contributed by atoms with Crippen LogP contribution in [0.2, 0.25) is 0 Å². The maximum absolute atomic E-state index is 5.28. The summed E-state index contributed by atoms with van der Waals surface area (Å²) in [6.07, 6.45) is 5.51. The van der Waals surface area contributed by atoms with E-state index in [-0.39, 0.29) is 0 Å². The number of nitrogens with one attached hydrogen (secondary N) is 1. The van der Waals surface area contributed by atoms with Gasteiger partial charge in [-0.15, -0.1) is 0 Å². The van der Waals surface area contributed by atoms with E-state index in [9.17, 15) is 0 Å². The van der Waals surface area contributed by atoms with E-state index in [2.05, 4.69) is 19.2 Å². The highest BCUT2D eigenvalue weighted by molar-refractivity contribution is 7.98. The highest BCUT2D eigenvalue weighted by atomic mass is 32.2. The fraction of sp³-hybridized carbons (Fsp3) is 0.692. The zero-order chi connectivity index (χ0) is 11.6. The minimum absolute atomic E-state index is 0.657. The Morgan fingerprint density at radius 2 is 2.38 bits per heavy atom. The van der Waals surface area contributed by atoms with Crippen LogP contribution in [0.1, 0.15) is 38.9 Å². The molecule has 0 aromatic carbocycles. The van der Waals surface area contributed by atoms with Crippen molar-refractivity contribution in [2.45, 2.75) is 44.9 Å². The van der Waals surface area contributed by atoms with Crippen molar-refractivity contribution in [2.24, 2.45) is 0 Å². The van der Waals surface area contributed by atoms with Gasteiger partial charge in [-0.05, 0) is 50.6 Å². The number of rotatable bonds is 9. The Labute approximate surface area is 103 Å². The molecule has 0 spiro atoms. The first kappa shape index (κ1) is 13.7. The smallest absolute Gasteiger partial charge is 0.113 e. The highest BCUT2D eigenvalue weighted by Crippen LogP contribution is 2.14. The van der Waals surface area contributed by atoms with Crippen molar-refractivity contribution in [1.82, 2.24) is 5.32 Å². The van der Waals surface area contributed by atoms with Gasteiger partial charge in [0.05, 0.1) is 12.0 Å². The van der Waals surface area contributed by atoms with Gasteiger partial charge in [-0.3, -0.25) is 0 Å². The van der Waals surface area contributed by atoms with Gasteiger partial charge in [0.1, 0.15) is 5.76 Å². The number of hydrogen-bond acceptors (Lipinski definition) is 3. The van der Waals surface area contributed by atoms with E-state index in [1.54, 1.807) is 6.26 Å². The zero-order valence-electron chi connectivity index (χ0n) is 10.4. The molecule has 1 unspecified atom stereocenters. The third-order valence-corrected chi connectivity index (χ3v) is 3.56. The van der Waals surface area contributed by atoms with Gasteiger partial charge in [-0.1, -0.05) is 6.92 Å². The number of thioether (sulfide) groups is 1. The summed E-state index contributed by atoms with van der Waals surface area (Å²) >= 11 is 1.96. The largest absolute Gasteiger partial charge is 0.468 e. The molecule has 1 heterocycles. The molecule has 0 saturated carbocycles.